The second-order valence-electron chi connectivity index (χ2n) is 3.98. The van der Waals surface area contributed by atoms with Crippen molar-refractivity contribution in [2.45, 2.75) is 19.4 Å². The SMILES string of the molecule is O=C1CCCN(Cc2ccc(F)cc2)C1. The first-order valence-electron chi connectivity index (χ1n) is 5.22. The van der Waals surface area contributed by atoms with E-state index < -0.39 is 0 Å². The van der Waals surface area contributed by atoms with Crippen LogP contribution in [0.15, 0.2) is 24.3 Å². The van der Waals surface area contributed by atoms with Gasteiger partial charge in [-0.3, -0.25) is 9.69 Å². The molecule has 1 heterocycles. The van der Waals surface area contributed by atoms with Gasteiger partial charge in [0.2, 0.25) is 0 Å². The first-order valence-corrected chi connectivity index (χ1v) is 5.22. The van der Waals surface area contributed by atoms with Crippen LogP contribution in [0.3, 0.4) is 0 Å². The van der Waals surface area contributed by atoms with Gasteiger partial charge in [-0.15, -0.1) is 0 Å². The molecule has 2 nitrogen and oxygen atoms in total. The lowest BCUT2D eigenvalue weighted by atomic mass is 10.1. The third-order valence-electron chi connectivity index (χ3n) is 2.65. The summed E-state index contributed by atoms with van der Waals surface area (Å²) in [4.78, 5) is 13.3. The fourth-order valence-electron chi connectivity index (χ4n) is 1.89. The molecule has 15 heavy (non-hydrogen) atoms. The highest BCUT2D eigenvalue weighted by Crippen LogP contribution is 2.11. The van der Waals surface area contributed by atoms with E-state index in [2.05, 4.69) is 4.90 Å². The molecule has 1 aromatic carbocycles. The third kappa shape index (κ3) is 2.86. The number of hydrogen-bond acceptors (Lipinski definition) is 2. The number of benzene rings is 1. The van der Waals surface area contributed by atoms with E-state index in [4.69, 9.17) is 0 Å². The number of rotatable bonds is 2. The quantitative estimate of drug-likeness (QED) is 0.739. The number of ketones is 1. The van der Waals surface area contributed by atoms with E-state index in [0.717, 1.165) is 25.1 Å². The van der Waals surface area contributed by atoms with Crippen LogP contribution in [0.4, 0.5) is 4.39 Å². The lowest BCUT2D eigenvalue weighted by molar-refractivity contribution is -0.122. The molecule has 0 spiro atoms. The van der Waals surface area contributed by atoms with Gasteiger partial charge in [-0.2, -0.15) is 0 Å². The minimum absolute atomic E-state index is 0.214. The van der Waals surface area contributed by atoms with Gasteiger partial charge in [-0.25, -0.2) is 4.39 Å². The molecule has 80 valence electrons. The fraction of sp³-hybridized carbons (Fsp3) is 0.417. The van der Waals surface area contributed by atoms with E-state index >= 15 is 0 Å². The van der Waals surface area contributed by atoms with Crippen LogP contribution in [-0.2, 0) is 11.3 Å². The predicted octanol–water partition coefficient (Wildman–Crippen LogP) is 1.99. The molecule has 1 aliphatic heterocycles. The maximum Gasteiger partial charge on any atom is 0.146 e. The highest BCUT2D eigenvalue weighted by molar-refractivity contribution is 5.81. The van der Waals surface area contributed by atoms with E-state index in [0.29, 0.717) is 18.7 Å². The maximum atomic E-state index is 12.7. The number of halogens is 1. The largest absolute Gasteiger partial charge is 0.298 e. The molecule has 0 unspecified atom stereocenters. The molecule has 0 aliphatic carbocycles. The van der Waals surface area contributed by atoms with Crippen molar-refractivity contribution in [1.82, 2.24) is 4.90 Å². The van der Waals surface area contributed by atoms with Crippen molar-refractivity contribution in [2.24, 2.45) is 0 Å². The molecule has 0 saturated carbocycles. The van der Waals surface area contributed by atoms with Crippen LogP contribution in [0.5, 0.6) is 0 Å². The average molecular weight is 207 g/mol. The molecule has 0 bridgehead atoms. The van der Waals surface area contributed by atoms with Gasteiger partial charge in [0.15, 0.2) is 0 Å². The van der Waals surface area contributed by atoms with E-state index in [1.165, 1.54) is 12.1 Å². The fourth-order valence-corrected chi connectivity index (χ4v) is 1.89. The highest BCUT2D eigenvalue weighted by atomic mass is 19.1. The van der Waals surface area contributed by atoms with E-state index in [1.54, 1.807) is 12.1 Å². The van der Waals surface area contributed by atoms with Crippen molar-refractivity contribution in [2.75, 3.05) is 13.1 Å². The second-order valence-corrected chi connectivity index (χ2v) is 3.98. The molecule has 0 radical (unpaired) electrons. The van der Waals surface area contributed by atoms with Crippen LogP contribution in [0.25, 0.3) is 0 Å². The number of carbonyl (C=O) groups excluding carboxylic acids is 1. The van der Waals surface area contributed by atoms with Crippen LogP contribution in [-0.4, -0.2) is 23.8 Å². The van der Waals surface area contributed by atoms with Crippen molar-refractivity contribution in [1.29, 1.82) is 0 Å². The summed E-state index contributed by atoms with van der Waals surface area (Å²) in [6.45, 7) is 2.24. The number of carbonyl (C=O) groups is 1. The Morgan fingerprint density at radius 1 is 1.27 bits per heavy atom. The van der Waals surface area contributed by atoms with Gasteiger partial charge in [-0.05, 0) is 30.7 Å². The average Bonchev–Trinajstić information content (AvgIpc) is 2.22. The summed E-state index contributed by atoms with van der Waals surface area (Å²) in [5, 5.41) is 0. The van der Waals surface area contributed by atoms with Crippen LogP contribution in [0, 0.1) is 5.82 Å². The van der Waals surface area contributed by atoms with Crippen molar-refractivity contribution in [3.05, 3.63) is 35.6 Å². The molecule has 3 heteroatoms. The monoisotopic (exact) mass is 207 g/mol. The number of Topliss-reactive ketones (excluding diaryl/α,β-unsaturated/α-hetero) is 1. The van der Waals surface area contributed by atoms with Crippen LogP contribution >= 0.6 is 0 Å². The molecule has 0 aromatic heterocycles. The summed E-state index contributed by atoms with van der Waals surface area (Å²) >= 11 is 0. The molecule has 0 amide bonds. The minimum Gasteiger partial charge on any atom is -0.298 e. The summed E-state index contributed by atoms with van der Waals surface area (Å²) < 4.78 is 12.7. The van der Waals surface area contributed by atoms with Crippen LogP contribution < -0.4 is 0 Å². The number of piperidine rings is 1. The van der Waals surface area contributed by atoms with Gasteiger partial charge in [0.25, 0.3) is 0 Å². The third-order valence-corrected chi connectivity index (χ3v) is 2.65. The highest BCUT2D eigenvalue weighted by Gasteiger charge is 2.16. The van der Waals surface area contributed by atoms with Gasteiger partial charge >= 0.3 is 0 Å². The Morgan fingerprint density at radius 3 is 2.67 bits per heavy atom. The molecule has 1 aliphatic rings. The van der Waals surface area contributed by atoms with Crippen molar-refractivity contribution in [3.8, 4) is 0 Å². The number of hydrogen-bond donors (Lipinski definition) is 0. The van der Waals surface area contributed by atoms with E-state index in [9.17, 15) is 9.18 Å². The molecular weight excluding hydrogens is 193 g/mol. The van der Waals surface area contributed by atoms with Crippen LogP contribution in [0.1, 0.15) is 18.4 Å². The molecule has 1 saturated heterocycles. The topological polar surface area (TPSA) is 20.3 Å². The molecule has 1 aromatic rings. The zero-order chi connectivity index (χ0) is 10.7. The van der Waals surface area contributed by atoms with Crippen LogP contribution in [0.2, 0.25) is 0 Å². The van der Waals surface area contributed by atoms with Gasteiger partial charge in [0.05, 0.1) is 6.54 Å². The summed E-state index contributed by atoms with van der Waals surface area (Å²) in [5.41, 5.74) is 1.06. The Labute approximate surface area is 88.7 Å². The lowest BCUT2D eigenvalue weighted by Crippen LogP contribution is -2.34. The predicted molar refractivity (Wildman–Crippen MR) is 55.9 cm³/mol. The normalized spacial score (nSPS) is 18.1. The Morgan fingerprint density at radius 2 is 2.00 bits per heavy atom. The molecule has 1 fully saturated rings. The first kappa shape index (κ1) is 10.3. The Bertz CT molecular complexity index is 347. The summed E-state index contributed by atoms with van der Waals surface area (Å²) in [6.07, 6.45) is 1.65. The van der Waals surface area contributed by atoms with Crippen molar-refractivity contribution in [3.63, 3.8) is 0 Å². The zero-order valence-electron chi connectivity index (χ0n) is 8.58. The first-order chi connectivity index (χ1) is 7.24. The molecular formula is C12H14FNO. The number of likely N-dealkylation sites (tertiary alicyclic amines) is 1. The lowest BCUT2D eigenvalue weighted by Gasteiger charge is -2.25. The van der Waals surface area contributed by atoms with Gasteiger partial charge in [0, 0.05) is 13.0 Å². The van der Waals surface area contributed by atoms with Crippen molar-refractivity contribution >= 4 is 5.78 Å². The Kier molecular flexibility index (Phi) is 3.11. The smallest absolute Gasteiger partial charge is 0.146 e. The summed E-state index contributed by atoms with van der Waals surface area (Å²) in [5.74, 6) is 0.0943. The maximum absolute atomic E-state index is 12.7. The second kappa shape index (κ2) is 4.53. The van der Waals surface area contributed by atoms with Gasteiger partial charge in [-0.1, -0.05) is 12.1 Å². The zero-order valence-corrected chi connectivity index (χ0v) is 8.58. The summed E-state index contributed by atoms with van der Waals surface area (Å²) in [6, 6.07) is 6.46. The Balaban J connectivity index is 1.96. The molecule has 0 atom stereocenters. The van der Waals surface area contributed by atoms with Gasteiger partial charge < -0.3 is 0 Å². The van der Waals surface area contributed by atoms with E-state index in [-0.39, 0.29) is 5.82 Å². The Hall–Kier alpha value is -1.22. The van der Waals surface area contributed by atoms with E-state index in [1.807, 2.05) is 0 Å². The molecule has 0 N–H and O–H groups in total. The van der Waals surface area contributed by atoms with Crippen molar-refractivity contribution < 1.29 is 9.18 Å². The molecule has 2 rings (SSSR count). The standard InChI is InChI=1S/C12H14FNO/c13-11-5-3-10(4-6-11)8-14-7-1-2-12(15)9-14/h3-6H,1-2,7-9H2. The van der Waals surface area contributed by atoms with Gasteiger partial charge in [0.1, 0.15) is 11.6 Å². The minimum atomic E-state index is -0.214. The summed E-state index contributed by atoms with van der Waals surface area (Å²) in [7, 11) is 0. The number of nitrogens with zero attached hydrogens (tertiary/aromatic N) is 1.